The standard InChI is InChI=1S/C17H17Cl2F2N5O2/c1-9(26-28-17(22)25-16(20)21)6-10-7-12(3-4-13(10)19)24-15(27)14-5-2-11(18)8-23-14/h2-5,7-9,16,26H,6H2,1H3,(H2,22,25)(H,24,27)/t9-/m1/s1. The van der Waals surface area contributed by atoms with Gasteiger partial charge in [-0.15, -0.1) is 5.48 Å². The molecule has 150 valence electrons. The molecular formula is C17H17Cl2F2N5O2. The first-order valence-electron chi connectivity index (χ1n) is 7.99. The number of nitrogens with two attached hydrogens (primary N) is 1. The van der Waals surface area contributed by atoms with E-state index in [-0.39, 0.29) is 11.7 Å². The maximum absolute atomic E-state index is 12.2. The number of nitrogens with one attached hydrogen (secondary N) is 2. The van der Waals surface area contributed by atoms with Crippen LogP contribution in [-0.2, 0) is 11.3 Å². The Hall–Kier alpha value is -2.49. The molecule has 7 nitrogen and oxygen atoms in total. The molecule has 0 fully saturated rings. The van der Waals surface area contributed by atoms with Gasteiger partial charge in [-0.1, -0.05) is 23.2 Å². The van der Waals surface area contributed by atoms with Gasteiger partial charge >= 0.3 is 12.6 Å². The van der Waals surface area contributed by atoms with Crippen molar-refractivity contribution < 1.29 is 18.4 Å². The van der Waals surface area contributed by atoms with Crippen molar-refractivity contribution in [2.24, 2.45) is 10.7 Å². The molecule has 28 heavy (non-hydrogen) atoms. The molecule has 0 unspecified atom stereocenters. The molecule has 1 heterocycles. The summed E-state index contributed by atoms with van der Waals surface area (Å²) in [5.41, 5.74) is 9.09. The Morgan fingerprint density at radius 1 is 1.32 bits per heavy atom. The Balaban J connectivity index is 2.00. The van der Waals surface area contributed by atoms with E-state index >= 15 is 0 Å². The van der Waals surface area contributed by atoms with E-state index in [1.807, 2.05) is 0 Å². The van der Waals surface area contributed by atoms with Gasteiger partial charge in [-0.3, -0.25) is 4.79 Å². The van der Waals surface area contributed by atoms with Crippen molar-refractivity contribution >= 4 is 40.8 Å². The van der Waals surface area contributed by atoms with Crippen LogP contribution in [0.15, 0.2) is 41.5 Å². The number of carbonyl (C=O) groups is 1. The van der Waals surface area contributed by atoms with E-state index in [1.165, 1.54) is 12.3 Å². The molecule has 0 aliphatic carbocycles. The highest BCUT2D eigenvalue weighted by molar-refractivity contribution is 6.31. The average molecular weight is 432 g/mol. The van der Waals surface area contributed by atoms with E-state index in [0.717, 1.165) is 0 Å². The summed E-state index contributed by atoms with van der Waals surface area (Å²) in [5, 5.41) is 3.60. The number of anilines is 1. The number of benzene rings is 1. The largest absolute Gasteiger partial charge is 0.371 e. The zero-order chi connectivity index (χ0) is 20.7. The van der Waals surface area contributed by atoms with Crippen molar-refractivity contribution in [3.63, 3.8) is 0 Å². The summed E-state index contributed by atoms with van der Waals surface area (Å²) < 4.78 is 24.1. The molecular weight excluding hydrogens is 415 g/mol. The molecule has 0 saturated carbocycles. The Bertz CT molecular complexity index is 850. The van der Waals surface area contributed by atoms with E-state index < -0.39 is 18.5 Å². The molecule has 1 amide bonds. The number of carbonyl (C=O) groups excluding carboxylic acids is 1. The van der Waals surface area contributed by atoms with Gasteiger partial charge in [0.05, 0.1) is 5.02 Å². The van der Waals surface area contributed by atoms with Crippen molar-refractivity contribution in [1.29, 1.82) is 0 Å². The molecule has 0 saturated heterocycles. The van der Waals surface area contributed by atoms with Gasteiger partial charge in [0.15, 0.2) is 0 Å². The number of nitrogens with zero attached hydrogens (tertiary/aromatic N) is 2. The Kier molecular flexibility index (Phi) is 7.91. The molecule has 11 heteroatoms. The van der Waals surface area contributed by atoms with Crippen LogP contribution in [0.4, 0.5) is 14.5 Å². The molecule has 0 radical (unpaired) electrons. The number of aliphatic imine (C=N–C) groups is 1. The predicted octanol–water partition coefficient (Wildman–Crippen LogP) is 3.63. The monoisotopic (exact) mass is 431 g/mol. The summed E-state index contributed by atoms with van der Waals surface area (Å²) in [6.07, 6.45) is 1.74. The van der Waals surface area contributed by atoms with Crippen molar-refractivity contribution in [2.45, 2.75) is 25.9 Å². The third kappa shape index (κ3) is 6.91. The van der Waals surface area contributed by atoms with Gasteiger partial charge in [-0.2, -0.15) is 13.8 Å². The summed E-state index contributed by atoms with van der Waals surface area (Å²) in [6.45, 7) is -1.23. The maximum Gasteiger partial charge on any atom is 0.336 e. The average Bonchev–Trinajstić information content (AvgIpc) is 2.63. The van der Waals surface area contributed by atoms with Crippen LogP contribution in [-0.4, -0.2) is 29.5 Å². The zero-order valence-electron chi connectivity index (χ0n) is 14.6. The number of pyridine rings is 1. The molecule has 0 aliphatic rings. The van der Waals surface area contributed by atoms with Crippen LogP contribution in [0.1, 0.15) is 23.0 Å². The SMILES string of the molecule is C[C@H](Cc1cc(NC(=O)c2ccc(Cl)cn2)ccc1Cl)NO/C(N)=N\C(F)F. The van der Waals surface area contributed by atoms with E-state index in [4.69, 9.17) is 33.8 Å². The lowest BCUT2D eigenvalue weighted by Crippen LogP contribution is -2.34. The third-order valence-electron chi connectivity index (χ3n) is 3.38. The molecule has 0 aliphatic heterocycles. The van der Waals surface area contributed by atoms with Crippen molar-refractivity contribution in [3.8, 4) is 0 Å². The first kappa shape index (κ1) is 21.8. The summed E-state index contributed by atoms with van der Waals surface area (Å²) in [5.74, 6) is -0.407. The lowest BCUT2D eigenvalue weighted by Gasteiger charge is -2.15. The number of hydrogen-bond donors (Lipinski definition) is 3. The van der Waals surface area contributed by atoms with E-state index in [1.54, 1.807) is 31.2 Å². The number of aromatic nitrogens is 1. The van der Waals surface area contributed by atoms with Crippen LogP contribution in [0.2, 0.25) is 10.0 Å². The predicted molar refractivity (Wildman–Crippen MR) is 104 cm³/mol. The van der Waals surface area contributed by atoms with Crippen LogP contribution in [0.3, 0.4) is 0 Å². The fraction of sp³-hybridized carbons (Fsp3) is 0.235. The molecule has 4 N–H and O–H groups in total. The van der Waals surface area contributed by atoms with Gasteiger partial charge in [0.25, 0.3) is 5.91 Å². The number of alkyl halides is 2. The first-order valence-corrected chi connectivity index (χ1v) is 8.75. The summed E-state index contributed by atoms with van der Waals surface area (Å²) in [6, 6.07) is 7.00. The number of amidine groups is 1. The number of hydrogen-bond acceptors (Lipinski definition) is 5. The van der Waals surface area contributed by atoms with Gasteiger partial charge in [-0.05, 0) is 49.2 Å². The van der Waals surface area contributed by atoms with E-state index in [9.17, 15) is 13.6 Å². The smallest absolute Gasteiger partial charge is 0.336 e. The molecule has 2 rings (SSSR count). The van der Waals surface area contributed by atoms with Gasteiger partial charge in [0.1, 0.15) is 5.69 Å². The number of halogens is 4. The normalized spacial score (nSPS) is 12.7. The highest BCUT2D eigenvalue weighted by Gasteiger charge is 2.12. The van der Waals surface area contributed by atoms with Crippen LogP contribution in [0.25, 0.3) is 0 Å². The number of rotatable bonds is 7. The second kappa shape index (κ2) is 10.2. The Morgan fingerprint density at radius 3 is 2.71 bits per heavy atom. The van der Waals surface area contributed by atoms with Crippen molar-refractivity contribution in [1.82, 2.24) is 10.5 Å². The minimum Gasteiger partial charge on any atom is -0.371 e. The quantitative estimate of drug-likeness (QED) is 0.269. The maximum atomic E-state index is 12.2. The van der Waals surface area contributed by atoms with Gasteiger partial charge < -0.3 is 15.9 Å². The summed E-state index contributed by atoms with van der Waals surface area (Å²) in [7, 11) is 0. The van der Waals surface area contributed by atoms with Gasteiger partial charge in [-0.25, -0.2) is 4.98 Å². The fourth-order valence-electron chi connectivity index (χ4n) is 2.17. The van der Waals surface area contributed by atoms with Gasteiger partial charge in [0.2, 0.25) is 0 Å². The molecule has 2 aromatic rings. The summed E-state index contributed by atoms with van der Waals surface area (Å²) >= 11 is 11.9. The minimum absolute atomic E-state index is 0.207. The number of amides is 1. The molecule has 1 atom stereocenters. The van der Waals surface area contributed by atoms with E-state index in [2.05, 4.69) is 20.8 Å². The second-order valence-electron chi connectivity index (χ2n) is 5.69. The first-order chi connectivity index (χ1) is 13.2. The van der Waals surface area contributed by atoms with Gasteiger partial charge in [0, 0.05) is 22.9 Å². The van der Waals surface area contributed by atoms with Crippen LogP contribution < -0.4 is 16.5 Å². The van der Waals surface area contributed by atoms with E-state index in [0.29, 0.717) is 27.7 Å². The lowest BCUT2D eigenvalue weighted by molar-refractivity contribution is 0.102. The molecule has 0 spiro atoms. The molecule has 1 aromatic carbocycles. The topological polar surface area (TPSA) is 102 Å². The molecule has 0 bridgehead atoms. The highest BCUT2D eigenvalue weighted by atomic mass is 35.5. The minimum atomic E-state index is -2.96. The lowest BCUT2D eigenvalue weighted by atomic mass is 10.1. The van der Waals surface area contributed by atoms with Crippen molar-refractivity contribution in [2.75, 3.05) is 5.32 Å². The second-order valence-corrected chi connectivity index (χ2v) is 6.54. The Labute approximate surface area is 169 Å². The third-order valence-corrected chi connectivity index (χ3v) is 3.97. The Morgan fingerprint density at radius 2 is 2.07 bits per heavy atom. The van der Waals surface area contributed by atoms with Crippen LogP contribution in [0, 0.1) is 0 Å². The fourth-order valence-corrected chi connectivity index (χ4v) is 2.48. The summed E-state index contributed by atoms with van der Waals surface area (Å²) in [4.78, 5) is 23.7. The van der Waals surface area contributed by atoms with Crippen molar-refractivity contribution in [3.05, 3.63) is 57.8 Å². The highest BCUT2D eigenvalue weighted by Crippen LogP contribution is 2.22. The zero-order valence-corrected chi connectivity index (χ0v) is 16.1. The molecule has 1 aromatic heterocycles. The number of hydroxylamine groups is 1. The van der Waals surface area contributed by atoms with Crippen LogP contribution in [0.5, 0.6) is 0 Å². The van der Waals surface area contributed by atoms with Crippen LogP contribution >= 0.6 is 23.2 Å².